The molecule has 2 aliphatic rings. The van der Waals surface area contributed by atoms with E-state index in [2.05, 4.69) is 5.32 Å². The van der Waals surface area contributed by atoms with E-state index in [1.165, 1.54) is 18.0 Å². The molecule has 1 aromatic carbocycles. The lowest BCUT2D eigenvalue weighted by molar-refractivity contribution is -0.384. The van der Waals surface area contributed by atoms with Gasteiger partial charge in [-0.15, -0.1) is 0 Å². The maximum Gasteiger partial charge on any atom is 0.347 e. The Morgan fingerprint density at radius 2 is 1.83 bits per heavy atom. The number of amides is 1. The smallest absolute Gasteiger partial charge is 0.347 e. The van der Waals surface area contributed by atoms with E-state index in [0.717, 1.165) is 6.07 Å². The number of nitrogens with one attached hydrogen (secondary N) is 1. The molecule has 12 heteroatoms. The van der Waals surface area contributed by atoms with Crippen molar-refractivity contribution in [3.63, 3.8) is 0 Å². The van der Waals surface area contributed by atoms with Gasteiger partial charge in [0.05, 0.1) is 29.9 Å². The number of ether oxygens (including phenoxy) is 2. The van der Waals surface area contributed by atoms with Crippen LogP contribution in [0.5, 0.6) is 0 Å². The summed E-state index contributed by atoms with van der Waals surface area (Å²) in [5.74, 6) is -2.79. The summed E-state index contributed by atoms with van der Waals surface area (Å²) in [6.07, 6.45) is 3.13. The van der Waals surface area contributed by atoms with Gasteiger partial charge in [0.25, 0.3) is 5.69 Å². The number of benzene rings is 1. The molecule has 1 amide bonds. The third kappa shape index (κ3) is 5.92. The Labute approximate surface area is 208 Å². The minimum absolute atomic E-state index is 0.0172. The number of hydrogen-bond donors (Lipinski definition) is 1. The minimum atomic E-state index is -0.915. The summed E-state index contributed by atoms with van der Waals surface area (Å²) in [6.45, 7) is 6.97. The number of nitrogens with zero attached hydrogens (tertiary/aromatic N) is 3. The number of carbonyl (C=O) groups excluding carboxylic acids is 3. The van der Waals surface area contributed by atoms with Gasteiger partial charge in [0.1, 0.15) is 5.69 Å². The van der Waals surface area contributed by atoms with Crippen LogP contribution >= 0.6 is 0 Å². The molecular weight excluding hydrogens is 475 g/mol. The Hall–Kier alpha value is -3.70. The van der Waals surface area contributed by atoms with Gasteiger partial charge in [-0.25, -0.2) is 14.0 Å². The van der Waals surface area contributed by atoms with Crippen molar-refractivity contribution in [2.24, 2.45) is 0 Å². The summed E-state index contributed by atoms with van der Waals surface area (Å²) in [4.78, 5) is 51.1. The molecule has 1 aliphatic heterocycles. The third-order valence-electron chi connectivity index (χ3n) is 6.01. The van der Waals surface area contributed by atoms with Crippen molar-refractivity contribution in [3.8, 4) is 0 Å². The monoisotopic (exact) mass is 506 g/mol. The Morgan fingerprint density at radius 3 is 2.33 bits per heavy atom. The van der Waals surface area contributed by atoms with Gasteiger partial charge in [-0.3, -0.25) is 14.9 Å². The Bertz CT molecular complexity index is 1070. The van der Waals surface area contributed by atoms with Crippen LogP contribution in [0.4, 0.5) is 21.5 Å². The number of anilines is 2. The summed E-state index contributed by atoms with van der Waals surface area (Å²) < 4.78 is 25.3. The van der Waals surface area contributed by atoms with E-state index < -0.39 is 33.9 Å². The van der Waals surface area contributed by atoms with Gasteiger partial charge in [0.2, 0.25) is 5.91 Å². The maximum atomic E-state index is 15.3. The molecule has 0 spiro atoms. The van der Waals surface area contributed by atoms with E-state index in [4.69, 9.17) is 9.47 Å². The first-order chi connectivity index (χ1) is 17.1. The standard InChI is InChI=1S/C24H31FN4O7/c1-5-35-23(31)18(24(32)36-6-2)13-28(17-7-8-17)22-14(3)21(19(25)11-20(22)29(33)34)27-10-9-16(12-27)26-15(4)30/h11,13,16-17H,5-10,12H2,1-4H3,(H,26,30). The van der Waals surface area contributed by atoms with Gasteiger partial charge in [0.15, 0.2) is 11.4 Å². The second kappa shape index (κ2) is 11.4. The van der Waals surface area contributed by atoms with Crippen LogP contribution in [0.2, 0.25) is 0 Å². The largest absolute Gasteiger partial charge is 0.462 e. The molecule has 3 rings (SSSR count). The highest BCUT2D eigenvalue weighted by molar-refractivity contribution is 6.14. The molecular formula is C24H31FN4O7. The summed E-state index contributed by atoms with van der Waals surface area (Å²) in [7, 11) is 0. The Morgan fingerprint density at radius 1 is 1.22 bits per heavy atom. The summed E-state index contributed by atoms with van der Waals surface area (Å²) >= 11 is 0. The number of halogens is 1. The molecule has 1 aromatic rings. The fourth-order valence-electron chi connectivity index (χ4n) is 4.41. The lowest BCUT2D eigenvalue weighted by Gasteiger charge is -2.28. The summed E-state index contributed by atoms with van der Waals surface area (Å²) in [5.41, 5.74) is -0.330. The number of nitro groups is 1. The van der Waals surface area contributed by atoms with Gasteiger partial charge in [-0.2, -0.15) is 0 Å². The van der Waals surface area contributed by atoms with Crippen molar-refractivity contribution in [3.05, 3.63) is 39.3 Å². The average Bonchev–Trinajstić information content (AvgIpc) is 3.54. The normalized spacial score (nSPS) is 16.8. The topological polar surface area (TPSA) is 131 Å². The molecule has 11 nitrogen and oxygen atoms in total. The molecule has 0 bridgehead atoms. The first-order valence-electron chi connectivity index (χ1n) is 11.9. The molecule has 1 unspecified atom stereocenters. The van der Waals surface area contributed by atoms with Gasteiger partial charge in [-0.05, 0) is 40.0 Å². The molecule has 1 heterocycles. The Kier molecular flexibility index (Phi) is 8.49. The highest BCUT2D eigenvalue weighted by Gasteiger charge is 2.38. The van der Waals surface area contributed by atoms with Crippen LogP contribution in [-0.4, -0.2) is 61.2 Å². The van der Waals surface area contributed by atoms with Crippen molar-refractivity contribution in [1.82, 2.24) is 5.32 Å². The van der Waals surface area contributed by atoms with Crippen molar-refractivity contribution in [1.29, 1.82) is 0 Å². The van der Waals surface area contributed by atoms with Crippen LogP contribution in [0.25, 0.3) is 0 Å². The molecule has 2 fully saturated rings. The molecule has 36 heavy (non-hydrogen) atoms. The molecule has 1 aliphatic carbocycles. The van der Waals surface area contributed by atoms with E-state index >= 15 is 4.39 Å². The fraction of sp³-hybridized carbons (Fsp3) is 0.542. The van der Waals surface area contributed by atoms with Crippen molar-refractivity contribution < 1.29 is 33.2 Å². The first-order valence-corrected chi connectivity index (χ1v) is 11.9. The molecule has 196 valence electrons. The van der Waals surface area contributed by atoms with Crippen LogP contribution < -0.4 is 15.1 Å². The van der Waals surface area contributed by atoms with E-state index in [-0.39, 0.29) is 42.6 Å². The second-order valence-corrected chi connectivity index (χ2v) is 8.71. The van der Waals surface area contributed by atoms with E-state index in [1.807, 2.05) is 0 Å². The molecule has 1 N–H and O–H groups in total. The second-order valence-electron chi connectivity index (χ2n) is 8.71. The van der Waals surface area contributed by atoms with Crippen LogP contribution in [-0.2, 0) is 23.9 Å². The van der Waals surface area contributed by atoms with Gasteiger partial charge in [0, 0.05) is 43.9 Å². The van der Waals surface area contributed by atoms with E-state index in [1.54, 1.807) is 25.7 Å². The molecule has 0 radical (unpaired) electrons. The highest BCUT2D eigenvalue weighted by atomic mass is 19.1. The zero-order valence-electron chi connectivity index (χ0n) is 20.8. The fourth-order valence-corrected chi connectivity index (χ4v) is 4.41. The zero-order valence-corrected chi connectivity index (χ0v) is 20.8. The van der Waals surface area contributed by atoms with Crippen LogP contribution in [0.15, 0.2) is 17.8 Å². The molecule has 0 aromatic heterocycles. The van der Waals surface area contributed by atoms with Crippen LogP contribution in [0, 0.1) is 22.9 Å². The maximum absolute atomic E-state index is 15.3. The summed E-state index contributed by atoms with van der Waals surface area (Å²) in [5, 5.41) is 14.8. The highest BCUT2D eigenvalue weighted by Crippen LogP contribution is 2.45. The first kappa shape index (κ1) is 26.9. The van der Waals surface area contributed by atoms with Crippen molar-refractivity contribution in [2.45, 2.75) is 59.0 Å². The van der Waals surface area contributed by atoms with Gasteiger partial charge < -0.3 is 24.6 Å². The number of nitro benzene ring substituents is 1. The Balaban J connectivity index is 2.14. The third-order valence-corrected chi connectivity index (χ3v) is 6.01. The van der Waals surface area contributed by atoms with Crippen molar-refractivity contribution >= 4 is 34.9 Å². The number of esters is 2. The molecule has 1 atom stereocenters. The quantitative estimate of drug-likeness (QED) is 0.127. The van der Waals surface area contributed by atoms with Crippen LogP contribution in [0.1, 0.15) is 45.6 Å². The number of rotatable bonds is 10. The van der Waals surface area contributed by atoms with Gasteiger partial charge >= 0.3 is 11.9 Å². The predicted octanol–water partition coefficient (Wildman–Crippen LogP) is 2.74. The van der Waals surface area contributed by atoms with Crippen LogP contribution in [0.3, 0.4) is 0 Å². The van der Waals surface area contributed by atoms with Crippen molar-refractivity contribution in [2.75, 3.05) is 36.1 Å². The minimum Gasteiger partial charge on any atom is -0.462 e. The predicted molar refractivity (Wildman–Crippen MR) is 129 cm³/mol. The lowest BCUT2D eigenvalue weighted by atomic mass is 10.1. The molecule has 1 saturated carbocycles. The van der Waals surface area contributed by atoms with E-state index in [0.29, 0.717) is 37.9 Å². The average molecular weight is 507 g/mol. The van der Waals surface area contributed by atoms with E-state index in [9.17, 15) is 24.5 Å². The number of carbonyl (C=O) groups is 3. The zero-order chi connectivity index (χ0) is 26.6. The summed E-state index contributed by atoms with van der Waals surface area (Å²) in [6, 6.07) is 0.449. The lowest BCUT2D eigenvalue weighted by Crippen LogP contribution is -2.36. The molecule has 1 saturated heterocycles. The number of hydrogen-bond acceptors (Lipinski definition) is 9. The SMILES string of the molecule is CCOC(=O)C(=CN(c1c([N+](=O)[O-])cc(F)c(N2CCC(NC(C)=O)C2)c1C)C1CC1)C(=O)OCC. The van der Waals surface area contributed by atoms with Gasteiger partial charge in [-0.1, -0.05) is 0 Å².